The highest BCUT2D eigenvalue weighted by Gasteiger charge is 2.17. The van der Waals surface area contributed by atoms with Crippen LogP contribution in [0.2, 0.25) is 5.02 Å². The van der Waals surface area contributed by atoms with Gasteiger partial charge in [0.25, 0.3) is 0 Å². The topological polar surface area (TPSA) is 12.4 Å². The van der Waals surface area contributed by atoms with Gasteiger partial charge in [-0.2, -0.15) is 0 Å². The van der Waals surface area contributed by atoms with Gasteiger partial charge in [0.15, 0.2) is 0 Å². The number of hydrogen-bond acceptors (Lipinski definition) is 3. The maximum atomic E-state index is 5.94. The lowest BCUT2D eigenvalue weighted by Gasteiger charge is -2.18. The molecule has 0 bridgehead atoms. The second-order valence-corrected chi connectivity index (χ2v) is 7.66. The lowest BCUT2D eigenvalue weighted by molar-refractivity contribution is 1.01. The summed E-state index contributed by atoms with van der Waals surface area (Å²) >= 11 is 9.35. The summed E-state index contributed by atoms with van der Waals surface area (Å²) < 4.78 is 0. The van der Waals surface area contributed by atoms with Crippen LogP contribution in [0.5, 0.6) is 0 Å². The first kappa shape index (κ1) is 16.4. The lowest BCUT2D eigenvalue weighted by atomic mass is 10.1. The van der Waals surface area contributed by atoms with E-state index in [4.69, 9.17) is 16.6 Å². The minimum Gasteiger partial charge on any atom is -0.241 e. The van der Waals surface area contributed by atoms with E-state index in [2.05, 4.69) is 36.3 Å². The first-order valence-electron chi connectivity index (χ1n) is 7.32. The van der Waals surface area contributed by atoms with E-state index in [-0.39, 0.29) is 0 Å². The Labute approximate surface area is 150 Å². The normalized spacial score (nSPS) is 18.6. The summed E-state index contributed by atoms with van der Waals surface area (Å²) in [4.78, 5) is 7.18. The molecule has 4 heteroatoms. The molecule has 0 radical (unpaired) electrons. The van der Waals surface area contributed by atoms with Crippen molar-refractivity contribution in [3.8, 4) is 0 Å². The molecule has 23 heavy (non-hydrogen) atoms. The van der Waals surface area contributed by atoms with E-state index in [0.717, 1.165) is 28.6 Å². The van der Waals surface area contributed by atoms with Crippen molar-refractivity contribution in [1.82, 2.24) is 0 Å². The highest BCUT2D eigenvalue weighted by Crippen LogP contribution is 2.37. The smallest absolute Gasteiger partial charge is 0.105 e. The van der Waals surface area contributed by atoms with Gasteiger partial charge in [-0.05, 0) is 65.1 Å². The van der Waals surface area contributed by atoms with E-state index >= 15 is 0 Å². The molecule has 0 amide bonds. The third kappa shape index (κ3) is 4.77. The maximum Gasteiger partial charge on any atom is 0.105 e. The van der Waals surface area contributed by atoms with Gasteiger partial charge in [0.2, 0.25) is 0 Å². The van der Waals surface area contributed by atoms with Crippen LogP contribution in [-0.2, 0) is 0 Å². The molecule has 116 valence electrons. The first-order valence-corrected chi connectivity index (χ1v) is 9.39. The third-order valence-corrected chi connectivity index (χ3v) is 5.56. The summed E-state index contributed by atoms with van der Waals surface area (Å²) in [6.45, 7) is 4.10. The molecule has 0 N–H and O–H groups in total. The molecule has 1 aliphatic heterocycles. The van der Waals surface area contributed by atoms with Crippen molar-refractivity contribution in [2.75, 3.05) is 0 Å². The molecule has 1 saturated heterocycles. The second kappa shape index (κ2) is 7.91. The molecule has 1 nitrogen and oxygen atoms in total. The number of allylic oxidation sites excluding steroid dienone is 1. The molecule has 1 fully saturated rings. The van der Waals surface area contributed by atoms with Crippen LogP contribution in [0.15, 0.2) is 87.0 Å². The fraction of sp³-hybridized carbons (Fsp3) is 0.105. The van der Waals surface area contributed by atoms with Gasteiger partial charge in [0.1, 0.15) is 5.04 Å². The van der Waals surface area contributed by atoms with Crippen LogP contribution in [-0.4, -0.2) is 5.04 Å². The molecule has 0 aromatic heterocycles. The molecular formula is C19H16ClNS2. The van der Waals surface area contributed by atoms with Crippen LogP contribution < -0.4 is 0 Å². The molecular weight excluding hydrogens is 342 g/mol. The summed E-state index contributed by atoms with van der Waals surface area (Å²) in [5, 5.41) is 3.97. The molecule has 0 saturated carbocycles. The highest BCUT2D eigenvalue weighted by atomic mass is 35.5. The van der Waals surface area contributed by atoms with Crippen LogP contribution >= 0.6 is 35.1 Å². The van der Waals surface area contributed by atoms with Crippen LogP contribution in [0.3, 0.4) is 0 Å². The van der Waals surface area contributed by atoms with Gasteiger partial charge in [-0.1, -0.05) is 59.9 Å². The Morgan fingerprint density at radius 2 is 1.78 bits per heavy atom. The van der Waals surface area contributed by atoms with E-state index in [1.165, 1.54) is 15.4 Å². The fourth-order valence-corrected chi connectivity index (χ4v) is 4.05. The van der Waals surface area contributed by atoms with Gasteiger partial charge in [0, 0.05) is 9.92 Å². The summed E-state index contributed by atoms with van der Waals surface area (Å²) in [6.07, 6.45) is 1.99. The lowest BCUT2D eigenvalue weighted by Crippen LogP contribution is -2.04. The summed E-state index contributed by atoms with van der Waals surface area (Å²) in [6, 6.07) is 18.0. The Kier molecular flexibility index (Phi) is 5.65. The second-order valence-electron chi connectivity index (χ2n) is 5.11. The number of thioether (sulfide) groups is 2. The Morgan fingerprint density at radius 3 is 2.52 bits per heavy atom. The van der Waals surface area contributed by atoms with Gasteiger partial charge < -0.3 is 0 Å². The third-order valence-electron chi connectivity index (χ3n) is 3.33. The van der Waals surface area contributed by atoms with Gasteiger partial charge in [-0.3, -0.25) is 0 Å². The van der Waals surface area contributed by atoms with E-state index in [9.17, 15) is 0 Å². The summed E-state index contributed by atoms with van der Waals surface area (Å²) in [5.41, 5.74) is 2.19. The Hall–Kier alpha value is -1.42. The van der Waals surface area contributed by atoms with Gasteiger partial charge in [-0.25, -0.2) is 4.99 Å². The van der Waals surface area contributed by atoms with Crippen molar-refractivity contribution in [2.24, 2.45) is 4.99 Å². The Morgan fingerprint density at radius 1 is 1.04 bits per heavy atom. The van der Waals surface area contributed by atoms with Gasteiger partial charge in [-0.15, -0.1) is 0 Å². The monoisotopic (exact) mass is 357 g/mol. The largest absolute Gasteiger partial charge is 0.241 e. The van der Waals surface area contributed by atoms with E-state index in [1.807, 2.05) is 30.3 Å². The van der Waals surface area contributed by atoms with E-state index in [0.29, 0.717) is 0 Å². The van der Waals surface area contributed by atoms with Gasteiger partial charge >= 0.3 is 0 Å². The molecule has 3 rings (SSSR count). The number of halogens is 1. The molecule has 1 aliphatic rings. The zero-order chi connectivity index (χ0) is 16.1. The fourth-order valence-electron chi connectivity index (χ4n) is 2.11. The number of nitrogens with zero attached hydrogens (tertiary/aromatic N) is 1. The number of rotatable bonds is 3. The van der Waals surface area contributed by atoms with Crippen LogP contribution in [0.1, 0.15) is 12.8 Å². The van der Waals surface area contributed by atoms with Crippen molar-refractivity contribution in [3.05, 3.63) is 82.1 Å². The zero-order valence-corrected chi connectivity index (χ0v) is 14.9. The molecule has 0 aliphatic carbocycles. The van der Waals surface area contributed by atoms with Crippen molar-refractivity contribution < 1.29 is 0 Å². The minimum absolute atomic E-state index is 0.727. The predicted molar refractivity (Wildman–Crippen MR) is 105 cm³/mol. The van der Waals surface area contributed by atoms with Crippen LogP contribution in [0.4, 0.5) is 5.69 Å². The van der Waals surface area contributed by atoms with Crippen molar-refractivity contribution in [1.29, 1.82) is 0 Å². The Balaban J connectivity index is 1.84. The van der Waals surface area contributed by atoms with Crippen molar-refractivity contribution >= 4 is 45.9 Å². The Bertz CT molecular complexity index is 749. The van der Waals surface area contributed by atoms with E-state index < -0.39 is 0 Å². The van der Waals surface area contributed by atoms with Crippen molar-refractivity contribution in [3.63, 3.8) is 0 Å². The van der Waals surface area contributed by atoms with E-state index in [1.54, 1.807) is 23.5 Å². The van der Waals surface area contributed by atoms with Crippen molar-refractivity contribution in [2.45, 2.75) is 17.7 Å². The SMILES string of the molecule is C=C1CCC(=C\Sc2ccccc2)/C(=N/c2ccc(Cl)cc2)S1. The molecule has 0 atom stereocenters. The maximum absolute atomic E-state index is 5.94. The molecule has 1 heterocycles. The quantitative estimate of drug-likeness (QED) is 0.543. The molecule has 0 unspecified atom stereocenters. The molecule has 2 aromatic rings. The zero-order valence-electron chi connectivity index (χ0n) is 12.5. The highest BCUT2D eigenvalue weighted by molar-refractivity contribution is 8.17. The standard InChI is InChI=1S/C19H16ClNS2/c1-14-7-8-15(13-22-18-5-3-2-4-6-18)19(23-14)21-17-11-9-16(20)10-12-17/h2-6,9-13H,1,7-8H2/b15-13+,21-19-. The van der Waals surface area contributed by atoms with Gasteiger partial charge in [0.05, 0.1) is 5.69 Å². The molecule has 0 spiro atoms. The predicted octanol–water partition coefficient (Wildman–Crippen LogP) is 7.09. The van der Waals surface area contributed by atoms with Crippen LogP contribution in [0, 0.1) is 0 Å². The number of benzene rings is 2. The summed E-state index contributed by atoms with van der Waals surface area (Å²) in [7, 11) is 0. The number of hydrogen-bond donors (Lipinski definition) is 0. The minimum atomic E-state index is 0.727. The molecule has 2 aromatic carbocycles. The average Bonchev–Trinajstić information content (AvgIpc) is 2.57. The average molecular weight is 358 g/mol. The van der Waals surface area contributed by atoms with Crippen LogP contribution in [0.25, 0.3) is 0 Å². The number of aliphatic imine (C=N–C) groups is 1. The summed E-state index contributed by atoms with van der Waals surface area (Å²) in [5.74, 6) is 0. The first-order chi connectivity index (χ1) is 11.2.